The molecule has 0 aliphatic rings. The Morgan fingerprint density at radius 1 is 0.762 bits per heavy atom. The van der Waals surface area contributed by atoms with Gasteiger partial charge in [0.05, 0.1) is 0 Å². The third-order valence-electron chi connectivity index (χ3n) is 5.43. The molecule has 3 N–H and O–H groups in total. The molecule has 236 valence electrons. The third-order valence-corrected chi connectivity index (χ3v) is 5.43. The number of benzene rings is 1. The van der Waals surface area contributed by atoms with Crippen LogP contribution in [0, 0.1) is 0 Å². The molecule has 0 amide bonds. The summed E-state index contributed by atoms with van der Waals surface area (Å²) >= 11 is 0. The van der Waals surface area contributed by atoms with Crippen molar-refractivity contribution in [2.75, 3.05) is 6.61 Å². The van der Waals surface area contributed by atoms with E-state index < -0.39 is 11.9 Å². The van der Waals surface area contributed by atoms with Crippen molar-refractivity contribution in [1.82, 2.24) is 20.6 Å². The van der Waals surface area contributed by atoms with Crippen molar-refractivity contribution in [3.05, 3.63) is 36.2 Å². The quantitative estimate of drug-likeness (QED) is 0.0953. The van der Waals surface area contributed by atoms with Crippen LogP contribution in [-0.2, 0) is 30.4 Å². The molecule has 0 unspecified atom stereocenters. The molecule has 0 aliphatic heterocycles. The Hall–Kier alpha value is -3.96. The highest BCUT2D eigenvalue weighted by Crippen LogP contribution is 2.13. The molecule has 0 fully saturated rings. The first-order chi connectivity index (χ1) is 20.4. The highest BCUT2D eigenvalue weighted by molar-refractivity contribution is 5.82. The monoisotopic (exact) mass is 592 g/mol. The number of nitrogens with one attached hydrogen (secondary N) is 1. The van der Waals surface area contributed by atoms with Gasteiger partial charge < -0.3 is 24.5 Å². The molecule has 1 heterocycles. The van der Waals surface area contributed by atoms with Gasteiger partial charge in [0.1, 0.15) is 31.3 Å². The molecule has 1 aromatic carbocycles. The van der Waals surface area contributed by atoms with E-state index in [1.54, 1.807) is 0 Å². The number of carbonyl (C=O) groups is 5. The van der Waals surface area contributed by atoms with E-state index in [2.05, 4.69) is 20.6 Å². The maximum atomic E-state index is 10.2. The lowest BCUT2D eigenvalue weighted by Crippen LogP contribution is -1.96. The van der Waals surface area contributed by atoms with Gasteiger partial charge in [0.2, 0.25) is 0 Å². The maximum absolute atomic E-state index is 10.2. The molecule has 0 saturated carbocycles. The molecule has 0 saturated heterocycles. The Morgan fingerprint density at radius 2 is 1.26 bits per heavy atom. The summed E-state index contributed by atoms with van der Waals surface area (Å²) in [5.41, 5.74) is 0. The molecule has 1 aromatic heterocycles. The smallest absolute Gasteiger partial charge is 0.310 e. The fourth-order valence-corrected chi connectivity index (χ4v) is 3.46. The van der Waals surface area contributed by atoms with Gasteiger partial charge >= 0.3 is 5.97 Å². The number of tetrazole rings is 1. The van der Waals surface area contributed by atoms with Crippen LogP contribution in [0.15, 0.2) is 30.3 Å². The van der Waals surface area contributed by atoms with E-state index in [9.17, 15) is 19.2 Å². The molecule has 42 heavy (non-hydrogen) atoms. The Bertz CT molecular complexity index is 892. The molecule has 0 atom stereocenters. The summed E-state index contributed by atoms with van der Waals surface area (Å²) in [4.78, 5) is 47.6. The number of ether oxygens (including phenoxy) is 1. The van der Waals surface area contributed by atoms with Crippen molar-refractivity contribution in [1.29, 1.82) is 0 Å². The van der Waals surface area contributed by atoms with Crippen molar-refractivity contribution in [3.8, 4) is 5.75 Å². The zero-order valence-electron chi connectivity index (χ0n) is 24.8. The van der Waals surface area contributed by atoms with Gasteiger partial charge in [-0.05, 0) is 25.0 Å². The number of rotatable bonds is 21. The Kier molecular flexibility index (Phi) is 31.8. The SMILES string of the molecule is CC(=O)O.O=CCC(=O)O.O=CCCCCCCCCCCCCCCCc1nn[nH]n1.O=CCOc1ccccc1. The number of aliphatic carboxylic acids is 2. The van der Waals surface area contributed by atoms with Crippen LogP contribution in [-0.4, -0.2) is 68.2 Å². The summed E-state index contributed by atoms with van der Waals surface area (Å²) in [7, 11) is 0. The van der Waals surface area contributed by atoms with E-state index in [-0.39, 0.29) is 13.0 Å². The number of aromatic nitrogens is 4. The predicted octanol–water partition coefficient (Wildman–Crippen LogP) is 5.42. The number of H-pyrrole nitrogens is 1. The number of carboxylic acids is 2. The summed E-state index contributed by atoms with van der Waals surface area (Å²) in [6.07, 6.45) is 20.4. The van der Waals surface area contributed by atoms with Crippen LogP contribution in [0.2, 0.25) is 0 Å². The third kappa shape index (κ3) is 36.0. The number of para-hydroxylation sites is 1. The van der Waals surface area contributed by atoms with Crippen LogP contribution >= 0.6 is 0 Å². The minimum atomic E-state index is -1.08. The number of nitrogens with zero attached hydrogens (tertiary/aromatic N) is 3. The number of unbranched alkanes of at least 4 members (excludes halogenated alkanes) is 13. The van der Waals surface area contributed by atoms with Crippen molar-refractivity contribution < 1.29 is 38.9 Å². The van der Waals surface area contributed by atoms with E-state index in [1.165, 1.54) is 77.0 Å². The lowest BCUT2D eigenvalue weighted by molar-refractivity contribution is -0.138. The van der Waals surface area contributed by atoms with Crippen LogP contribution in [0.1, 0.15) is 109 Å². The average molecular weight is 593 g/mol. The van der Waals surface area contributed by atoms with Crippen molar-refractivity contribution in [3.63, 3.8) is 0 Å². The number of aldehydes is 3. The minimum absolute atomic E-state index is 0.129. The summed E-state index contributed by atoms with van der Waals surface area (Å²) in [5.74, 6) is -0.342. The molecule has 2 rings (SSSR count). The summed E-state index contributed by atoms with van der Waals surface area (Å²) in [6, 6.07) is 9.24. The molecule has 0 spiro atoms. The normalized spacial score (nSPS) is 9.45. The molecular weight excluding hydrogens is 544 g/mol. The number of aromatic amines is 1. The standard InChI is InChI=1S/C17H32N4O.C8H8O2.C3H4O3.C2H4O2/c22-16-14-12-10-8-6-4-2-1-3-5-7-9-11-13-15-17-18-20-21-19-17;9-6-7-10-8-4-2-1-3-5-8;4-2-1-3(5)6;1-2(3)4/h16H,1-15H2,(H,18,19,20,21);1-6H,7H2;2H,1H2,(H,5,6);1H3,(H,3,4). The highest BCUT2D eigenvalue weighted by Gasteiger charge is 1.98. The highest BCUT2D eigenvalue weighted by atomic mass is 16.5. The summed E-state index contributed by atoms with van der Waals surface area (Å²) in [5, 5.41) is 29.1. The van der Waals surface area contributed by atoms with E-state index >= 15 is 0 Å². The summed E-state index contributed by atoms with van der Waals surface area (Å²) in [6.45, 7) is 1.21. The Balaban J connectivity index is 0. The first kappa shape index (κ1) is 40.2. The molecule has 0 aliphatic carbocycles. The number of aryl methyl sites for hydroxylation is 1. The lowest BCUT2D eigenvalue weighted by atomic mass is 10.0. The van der Waals surface area contributed by atoms with E-state index in [0.717, 1.165) is 50.3 Å². The van der Waals surface area contributed by atoms with Gasteiger partial charge in [-0.15, -0.1) is 10.2 Å². The molecule has 2 aromatic rings. The van der Waals surface area contributed by atoms with Gasteiger partial charge in [-0.25, -0.2) is 0 Å². The fraction of sp³-hybridized carbons (Fsp3) is 0.600. The van der Waals surface area contributed by atoms with Crippen LogP contribution in [0.3, 0.4) is 0 Å². The van der Waals surface area contributed by atoms with Gasteiger partial charge in [-0.1, -0.05) is 94.0 Å². The first-order valence-electron chi connectivity index (χ1n) is 14.5. The van der Waals surface area contributed by atoms with E-state index in [1.807, 2.05) is 30.3 Å². The van der Waals surface area contributed by atoms with E-state index in [0.29, 0.717) is 6.29 Å². The van der Waals surface area contributed by atoms with Gasteiger partial charge in [0.25, 0.3) is 5.97 Å². The average Bonchev–Trinajstić information content (AvgIpc) is 3.49. The molecule has 12 nitrogen and oxygen atoms in total. The topological polar surface area (TPSA) is 189 Å². The second kappa shape index (κ2) is 33.2. The Morgan fingerprint density at radius 3 is 1.64 bits per heavy atom. The van der Waals surface area contributed by atoms with Crippen molar-refractivity contribution >= 4 is 30.8 Å². The van der Waals surface area contributed by atoms with Crippen LogP contribution in [0.4, 0.5) is 0 Å². The maximum Gasteiger partial charge on any atom is 0.310 e. The number of carboxylic acid groups (broad SMARTS) is 2. The van der Waals surface area contributed by atoms with Crippen LogP contribution in [0.5, 0.6) is 5.75 Å². The minimum Gasteiger partial charge on any atom is -0.486 e. The van der Waals surface area contributed by atoms with Crippen molar-refractivity contribution in [2.45, 2.75) is 110 Å². The zero-order chi connectivity index (χ0) is 31.5. The van der Waals surface area contributed by atoms with Crippen LogP contribution in [0.25, 0.3) is 0 Å². The van der Waals surface area contributed by atoms with Gasteiger partial charge in [-0.3, -0.25) is 14.4 Å². The number of hydrogen-bond acceptors (Lipinski definition) is 9. The number of carbonyl (C=O) groups excluding carboxylic acids is 3. The van der Waals surface area contributed by atoms with Crippen molar-refractivity contribution in [2.24, 2.45) is 0 Å². The second-order valence-electron chi connectivity index (χ2n) is 9.20. The Labute approximate surface area is 248 Å². The van der Waals surface area contributed by atoms with Gasteiger partial charge in [-0.2, -0.15) is 5.21 Å². The first-order valence-corrected chi connectivity index (χ1v) is 14.5. The molecule has 0 radical (unpaired) electrons. The number of hydrogen-bond donors (Lipinski definition) is 3. The second-order valence-corrected chi connectivity index (χ2v) is 9.20. The molecular formula is C30H48N4O8. The fourth-order valence-electron chi connectivity index (χ4n) is 3.46. The van der Waals surface area contributed by atoms with Crippen LogP contribution < -0.4 is 4.74 Å². The lowest BCUT2D eigenvalue weighted by Gasteiger charge is -2.02. The van der Waals surface area contributed by atoms with Gasteiger partial charge in [0, 0.05) is 19.8 Å². The zero-order valence-corrected chi connectivity index (χ0v) is 24.8. The molecule has 0 bridgehead atoms. The predicted molar refractivity (Wildman–Crippen MR) is 158 cm³/mol. The summed E-state index contributed by atoms with van der Waals surface area (Å²) < 4.78 is 4.99. The largest absolute Gasteiger partial charge is 0.486 e. The van der Waals surface area contributed by atoms with Gasteiger partial charge in [0.15, 0.2) is 12.1 Å². The molecule has 12 heteroatoms. The van der Waals surface area contributed by atoms with E-state index in [4.69, 9.17) is 19.7 Å².